The van der Waals surface area contributed by atoms with E-state index in [2.05, 4.69) is 10.6 Å². The number of hydrogen-bond donors (Lipinski definition) is 2. The van der Waals surface area contributed by atoms with E-state index in [-0.39, 0.29) is 11.5 Å². The monoisotopic (exact) mass is 256 g/mol. The van der Waals surface area contributed by atoms with Crippen LogP contribution in [0.15, 0.2) is 30.0 Å². The number of amides is 1. The first-order chi connectivity index (χ1) is 9.10. The van der Waals surface area contributed by atoms with Crippen molar-refractivity contribution in [3.63, 3.8) is 0 Å². The van der Waals surface area contributed by atoms with Gasteiger partial charge in [0.2, 0.25) is 5.91 Å². The Balaban J connectivity index is 3.04. The molecule has 1 aromatic rings. The van der Waals surface area contributed by atoms with Gasteiger partial charge in [0.1, 0.15) is 23.5 Å². The highest BCUT2D eigenvalue weighted by Gasteiger charge is 2.04. The Morgan fingerprint density at radius 3 is 2.58 bits per heavy atom. The number of methoxy groups -OCH3 is 1. The van der Waals surface area contributed by atoms with Crippen LogP contribution in [0.25, 0.3) is 0 Å². The molecule has 0 unspecified atom stereocenters. The number of nitrogens with one attached hydrogen (secondary N) is 2. The summed E-state index contributed by atoms with van der Waals surface area (Å²) in [4.78, 5) is 11.0. The van der Waals surface area contributed by atoms with Crippen LogP contribution >= 0.6 is 0 Å². The molecule has 0 heterocycles. The average molecular weight is 256 g/mol. The second-order valence-corrected chi connectivity index (χ2v) is 3.52. The minimum absolute atomic E-state index is 0.0630. The van der Waals surface area contributed by atoms with Crippen LogP contribution in [0, 0.1) is 22.7 Å². The zero-order chi connectivity index (χ0) is 14.3. The fraction of sp³-hybridized carbons (Fsp3) is 0.154. The summed E-state index contributed by atoms with van der Waals surface area (Å²) in [5, 5.41) is 22.7. The number of nitriles is 2. The van der Waals surface area contributed by atoms with Gasteiger partial charge in [0, 0.05) is 18.8 Å². The molecule has 0 aliphatic carbocycles. The van der Waals surface area contributed by atoms with Crippen molar-refractivity contribution in [2.75, 3.05) is 17.7 Å². The lowest BCUT2D eigenvalue weighted by atomic mass is 10.2. The third kappa shape index (κ3) is 4.06. The zero-order valence-electron chi connectivity index (χ0n) is 10.5. The SMILES string of the molecule is COc1ccc(NC(C)=O)cc1NC=C(C#N)C#N. The molecule has 6 heteroatoms. The predicted molar refractivity (Wildman–Crippen MR) is 70.2 cm³/mol. The van der Waals surface area contributed by atoms with Crippen LogP contribution in [0.2, 0.25) is 0 Å². The fourth-order valence-corrected chi connectivity index (χ4v) is 1.34. The Morgan fingerprint density at radius 1 is 1.37 bits per heavy atom. The van der Waals surface area contributed by atoms with E-state index >= 15 is 0 Å². The highest BCUT2D eigenvalue weighted by molar-refractivity contribution is 5.89. The number of hydrogen-bond acceptors (Lipinski definition) is 5. The maximum absolute atomic E-state index is 11.0. The number of benzene rings is 1. The molecular formula is C13H12N4O2. The van der Waals surface area contributed by atoms with E-state index in [0.717, 1.165) is 0 Å². The maximum atomic E-state index is 11.0. The lowest BCUT2D eigenvalue weighted by Gasteiger charge is -2.10. The molecule has 0 saturated heterocycles. The van der Waals surface area contributed by atoms with Crippen molar-refractivity contribution in [1.82, 2.24) is 0 Å². The van der Waals surface area contributed by atoms with Gasteiger partial charge in [0.25, 0.3) is 0 Å². The lowest BCUT2D eigenvalue weighted by molar-refractivity contribution is -0.114. The minimum atomic E-state index is -0.193. The van der Waals surface area contributed by atoms with Crippen LogP contribution in [0.5, 0.6) is 5.75 Å². The van der Waals surface area contributed by atoms with E-state index in [4.69, 9.17) is 15.3 Å². The molecular weight excluding hydrogens is 244 g/mol. The van der Waals surface area contributed by atoms with Crippen LogP contribution < -0.4 is 15.4 Å². The number of ether oxygens (including phenoxy) is 1. The number of rotatable bonds is 4. The van der Waals surface area contributed by atoms with Crippen molar-refractivity contribution >= 4 is 17.3 Å². The largest absolute Gasteiger partial charge is 0.495 e. The molecule has 1 rings (SSSR count). The molecule has 0 bridgehead atoms. The number of anilines is 2. The normalized spacial score (nSPS) is 8.63. The number of allylic oxidation sites excluding steroid dienone is 1. The van der Waals surface area contributed by atoms with Crippen molar-refractivity contribution in [2.45, 2.75) is 6.92 Å². The molecule has 0 aliphatic rings. The quantitative estimate of drug-likeness (QED) is 0.803. The summed E-state index contributed by atoms with van der Waals surface area (Å²) in [5.41, 5.74) is 1.06. The summed E-state index contributed by atoms with van der Waals surface area (Å²) in [6, 6.07) is 8.46. The lowest BCUT2D eigenvalue weighted by Crippen LogP contribution is -2.06. The Hall–Kier alpha value is -2.99. The van der Waals surface area contributed by atoms with Crippen LogP contribution in [-0.2, 0) is 4.79 Å². The van der Waals surface area contributed by atoms with E-state index in [1.54, 1.807) is 30.3 Å². The maximum Gasteiger partial charge on any atom is 0.221 e. The summed E-state index contributed by atoms with van der Waals surface area (Å²) >= 11 is 0. The predicted octanol–water partition coefficient (Wildman–Crippen LogP) is 2.00. The number of carbonyl (C=O) groups is 1. The van der Waals surface area contributed by atoms with Crippen LogP contribution in [0.1, 0.15) is 6.92 Å². The van der Waals surface area contributed by atoms with E-state index in [1.807, 2.05) is 0 Å². The summed E-state index contributed by atoms with van der Waals surface area (Å²) in [6.45, 7) is 1.40. The third-order valence-electron chi connectivity index (χ3n) is 2.13. The van der Waals surface area contributed by atoms with Gasteiger partial charge in [-0.1, -0.05) is 0 Å². The molecule has 0 saturated carbocycles. The van der Waals surface area contributed by atoms with Gasteiger partial charge in [0.05, 0.1) is 12.8 Å². The highest BCUT2D eigenvalue weighted by atomic mass is 16.5. The van der Waals surface area contributed by atoms with Crippen molar-refractivity contribution in [3.8, 4) is 17.9 Å². The first kappa shape index (κ1) is 14.1. The van der Waals surface area contributed by atoms with Crippen LogP contribution in [0.4, 0.5) is 11.4 Å². The van der Waals surface area contributed by atoms with Crippen molar-refractivity contribution in [2.24, 2.45) is 0 Å². The number of nitrogens with zero attached hydrogens (tertiary/aromatic N) is 2. The van der Waals surface area contributed by atoms with Gasteiger partial charge in [-0.25, -0.2) is 0 Å². The van der Waals surface area contributed by atoms with E-state index in [0.29, 0.717) is 17.1 Å². The molecule has 0 atom stereocenters. The number of carbonyl (C=O) groups excluding carboxylic acids is 1. The third-order valence-corrected chi connectivity index (χ3v) is 2.13. The Bertz CT molecular complexity index is 578. The zero-order valence-corrected chi connectivity index (χ0v) is 10.5. The second kappa shape index (κ2) is 6.67. The summed E-state index contributed by atoms with van der Waals surface area (Å²) in [7, 11) is 1.50. The van der Waals surface area contributed by atoms with Gasteiger partial charge in [-0.15, -0.1) is 0 Å². The highest BCUT2D eigenvalue weighted by Crippen LogP contribution is 2.28. The van der Waals surface area contributed by atoms with E-state index in [1.165, 1.54) is 20.2 Å². The summed E-state index contributed by atoms with van der Waals surface area (Å²) in [6.07, 6.45) is 1.27. The molecule has 96 valence electrons. The van der Waals surface area contributed by atoms with Crippen molar-refractivity contribution in [3.05, 3.63) is 30.0 Å². The van der Waals surface area contributed by atoms with Crippen LogP contribution in [-0.4, -0.2) is 13.0 Å². The Morgan fingerprint density at radius 2 is 2.05 bits per heavy atom. The first-order valence-corrected chi connectivity index (χ1v) is 5.33. The molecule has 0 aliphatic heterocycles. The van der Waals surface area contributed by atoms with Gasteiger partial charge >= 0.3 is 0 Å². The van der Waals surface area contributed by atoms with Gasteiger partial charge in [-0.2, -0.15) is 10.5 Å². The van der Waals surface area contributed by atoms with E-state index in [9.17, 15) is 4.79 Å². The smallest absolute Gasteiger partial charge is 0.221 e. The molecule has 2 N–H and O–H groups in total. The molecule has 0 aromatic heterocycles. The van der Waals surface area contributed by atoms with Gasteiger partial charge in [-0.3, -0.25) is 4.79 Å². The average Bonchev–Trinajstić information content (AvgIpc) is 2.39. The Labute approximate surface area is 110 Å². The first-order valence-electron chi connectivity index (χ1n) is 5.33. The fourth-order valence-electron chi connectivity index (χ4n) is 1.34. The molecule has 19 heavy (non-hydrogen) atoms. The molecule has 6 nitrogen and oxygen atoms in total. The van der Waals surface area contributed by atoms with Gasteiger partial charge < -0.3 is 15.4 Å². The Kier molecular flexibility index (Phi) is 4.94. The molecule has 0 fully saturated rings. The van der Waals surface area contributed by atoms with Gasteiger partial charge in [-0.05, 0) is 18.2 Å². The molecule has 0 radical (unpaired) electrons. The minimum Gasteiger partial charge on any atom is -0.495 e. The summed E-state index contributed by atoms with van der Waals surface area (Å²) in [5.74, 6) is 0.335. The van der Waals surface area contributed by atoms with E-state index < -0.39 is 0 Å². The molecule has 1 aromatic carbocycles. The van der Waals surface area contributed by atoms with Gasteiger partial charge in [0.15, 0.2) is 0 Å². The second-order valence-electron chi connectivity index (χ2n) is 3.52. The standard InChI is InChI=1S/C13H12N4O2/c1-9(18)17-11-3-4-13(19-2)12(5-11)16-8-10(6-14)7-15/h3-5,8,16H,1-2H3,(H,17,18). The van der Waals surface area contributed by atoms with Crippen LogP contribution in [0.3, 0.4) is 0 Å². The van der Waals surface area contributed by atoms with Crippen molar-refractivity contribution in [1.29, 1.82) is 10.5 Å². The molecule has 1 amide bonds. The topological polar surface area (TPSA) is 97.9 Å². The summed E-state index contributed by atoms with van der Waals surface area (Å²) < 4.78 is 5.13. The molecule has 0 spiro atoms. The van der Waals surface area contributed by atoms with Crippen molar-refractivity contribution < 1.29 is 9.53 Å².